The van der Waals surface area contributed by atoms with E-state index in [2.05, 4.69) is 10.1 Å². The van der Waals surface area contributed by atoms with Crippen LogP contribution in [-0.2, 0) is 14.3 Å². The maximum atomic E-state index is 11.2. The molecule has 1 rings (SSSR count). The highest BCUT2D eigenvalue weighted by Crippen LogP contribution is 2.09. The van der Waals surface area contributed by atoms with Crippen molar-refractivity contribution in [2.45, 2.75) is 19.3 Å². The fraction of sp³-hybridized carbons (Fsp3) is 0.800. The molecule has 5 nitrogen and oxygen atoms in total. The third-order valence-corrected chi connectivity index (χ3v) is 2.45. The van der Waals surface area contributed by atoms with Crippen molar-refractivity contribution in [3.05, 3.63) is 0 Å². The minimum atomic E-state index is -0.257. The zero-order chi connectivity index (χ0) is 11.1. The molecule has 1 fully saturated rings. The second-order valence-electron chi connectivity index (χ2n) is 3.59. The first-order valence-corrected chi connectivity index (χ1v) is 5.29. The molecule has 0 aromatic rings. The molecule has 0 saturated carbocycles. The molecule has 0 spiro atoms. The van der Waals surface area contributed by atoms with Gasteiger partial charge >= 0.3 is 5.97 Å². The lowest BCUT2D eigenvalue weighted by Gasteiger charge is -2.14. The van der Waals surface area contributed by atoms with Crippen molar-refractivity contribution in [3.63, 3.8) is 0 Å². The van der Waals surface area contributed by atoms with Gasteiger partial charge in [-0.15, -0.1) is 0 Å². The summed E-state index contributed by atoms with van der Waals surface area (Å²) in [6.45, 7) is 2.65. The van der Waals surface area contributed by atoms with E-state index in [-0.39, 0.29) is 18.4 Å². The van der Waals surface area contributed by atoms with Crippen molar-refractivity contribution in [1.82, 2.24) is 10.2 Å². The number of carbonyl (C=O) groups is 2. The lowest BCUT2D eigenvalue weighted by Crippen LogP contribution is -2.30. The van der Waals surface area contributed by atoms with E-state index in [0.29, 0.717) is 6.42 Å². The first-order chi connectivity index (χ1) is 7.24. The summed E-state index contributed by atoms with van der Waals surface area (Å²) in [4.78, 5) is 23.8. The van der Waals surface area contributed by atoms with Crippen LogP contribution in [0.4, 0.5) is 0 Å². The van der Waals surface area contributed by atoms with Gasteiger partial charge in [0, 0.05) is 19.5 Å². The second kappa shape index (κ2) is 6.40. The van der Waals surface area contributed by atoms with E-state index >= 15 is 0 Å². The Morgan fingerprint density at radius 3 is 3.00 bits per heavy atom. The monoisotopic (exact) mass is 214 g/mol. The molecule has 1 heterocycles. The normalized spacial score (nSPS) is 15.8. The van der Waals surface area contributed by atoms with Gasteiger partial charge in [0.25, 0.3) is 0 Å². The second-order valence-corrected chi connectivity index (χ2v) is 3.59. The Morgan fingerprint density at radius 1 is 1.60 bits per heavy atom. The molecule has 0 unspecified atom stereocenters. The number of carbonyl (C=O) groups excluding carboxylic acids is 2. The van der Waals surface area contributed by atoms with Gasteiger partial charge in [-0.2, -0.15) is 0 Å². The van der Waals surface area contributed by atoms with Crippen LogP contribution in [0.5, 0.6) is 0 Å². The highest BCUT2D eigenvalue weighted by Gasteiger charge is 2.18. The van der Waals surface area contributed by atoms with Gasteiger partial charge in [-0.05, 0) is 19.4 Å². The molecule has 1 aliphatic heterocycles. The summed E-state index contributed by atoms with van der Waals surface area (Å²) in [6.07, 6.45) is 2.55. The van der Waals surface area contributed by atoms with Crippen LogP contribution in [0.3, 0.4) is 0 Å². The molecular formula is C10H18N2O3. The minimum Gasteiger partial charge on any atom is -0.468 e. The van der Waals surface area contributed by atoms with Crippen LogP contribution < -0.4 is 5.32 Å². The number of hydrogen-bond donors (Lipinski definition) is 1. The molecule has 0 atom stereocenters. The number of amides is 1. The summed E-state index contributed by atoms with van der Waals surface area (Å²) in [5.74, 6) is -0.00443. The zero-order valence-corrected chi connectivity index (χ0v) is 9.12. The quantitative estimate of drug-likeness (QED) is 0.490. The van der Waals surface area contributed by atoms with E-state index in [1.54, 1.807) is 0 Å². The summed E-state index contributed by atoms with van der Waals surface area (Å²) in [5.41, 5.74) is 0. The third-order valence-electron chi connectivity index (χ3n) is 2.45. The number of nitrogens with zero attached hydrogens (tertiary/aromatic N) is 1. The lowest BCUT2D eigenvalue weighted by molar-refractivity contribution is -0.139. The van der Waals surface area contributed by atoms with Crippen molar-refractivity contribution in [3.8, 4) is 0 Å². The van der Waals surface area contributed by atoms with Crippen LogP contribution in [-0.4, -0.2) is 50.1 Å². The fourth-order valence-electron chi connectivity index (χ4n) is 1.60. The van der Waals surface area contributed by atoms with Crippen LogP contribution in [0.2, 0.25) is 0 Å². The van der Waals surface area contributed by atoms with E-state index < -0.39 is 0 Å². The average Bonchev–Trinajstić information content (AvgIpc) is 2.63. The summed E-state index contributed by atoms with van der Waals surface area (Å²) in [5, 5.41) is 2.96. The van der Waals surface area contributed by atoms with E-state index in [9.17, 15) is 9.59 Å². The number of likely N-dealkylation sites (tertiary alicyclic amines) is 1. The Kier molecular flexibility index (Phi) is 5.10. The topological polar surface area (TPSA) is 58.6 Å². The summed E-state index contributed by atoms with van der Waals surface area (Å²) >= 11 is 0. The van der Waals surface area contributed by atoms with Crippen molar-refractivity contribution in [2.24, 2.45) is 0 Å². The Bertz CT molecular complexity index is 231. The van der Waals surface area contributed by atoms with Crippen LogP contribution in [0.25, 0.3) is 0 Å². The molecule has 1 amide bonds. The minimum absolute atomic E-state index is 0.241. The van der Waals surface area contributed by atoms with E-state index in [1.165, 1.54) is 7.11 Å². The van der Waals surface area contributed by atoms with Gasteiger partial charge in [0.2, 0.25) is 5.91 Å². The largest absolute Gasteiger partial charge is 0.468 e. The number of nitrogens with one attached hydrogen (secondary N) is 1. The van der Waals surface area contributed by atoms with E-state index in [0.717, 1.165) is 32.5 Å². The SMILES string of the molecule is COC(=O)CNCCCN1CCCC1=O. The van der Waals surface area contributed by atoms with Gasteiger partial charge in [-0.25, -0.2) is 0 Å². The molecule has 5 heteroatoms. The Labute approximate surface area is 89.8 Å². The van der Waals surface area contributed by atoms with Crippen LogP contribution in [0, 0.1) is 0 Å². The van der Waals surface area contributed by atoms with E-state index in [4.69, 9.17) is 0 Å². The molecular weight excluding hydrogens is 196 g/mol. The standard InChI is InChI=1S/C10H18N2O3/c1-15-10(14)8-11-5-3-7-12-6-2-4-9(12)13/h11H,2-8H2,1H3. The summed E-state index contributed by atoms with van der Waals surface area (Å²) < 4.78 is 4.48. The predicted octanol–water partition coefficient (Wildman–Crippen LogP) is -0.238. The molecule has 1 saturated heterocycles. The average molecular weight is 214 g/mol. The number of ether oxygens (including phenoxy) is 1. The summed E-state index contributed by atoms with van der Waals surface area (Å²) in [7, 11) is 1.37. The molecule has 0 aromatic heterocycles. The van der Waals surface area contributed by atoms with Gasteiger partial charge in [-0.1, -0.05) is 0 Å². The highest BCUT2D eigenvalue weighted by atomic mass is 16.5. The third kappa shape index (κ3) is 4.29. The molecule has 0 aromatic carbocycles. The Balaban J connectivity index is 1.97. The van der Waals surface area contributed by atoms with Gasteiger partial charge in [0.1, 0.15) is 0 Å². The number of hydrogen-bond acceptors (Lipinski definition) is 4. The Morgan fingerprint density at radius 2 is 2.40 bits per heavy atom. The predicted molar refractivity (Wildman–Crippen MR) is 55.3 cm³/mol. The van der Waals surface area contributed by atoms with Crippen LogP contribution in [0.1, 0.15) is 19.3 Å². The molecule has 86 valence electrons. The number of rotatable bonds is 6. The number of esters is 1. The maximum absolute atomic E-state index is 11.2. The molecule has 1 N–H and O–H groups in total. The molecule has 1 aliphatic rings. The van der Waals surface area contributed by atoms with Gasteiger partial charge in [0.15, 0.2) is 0 Å². The van der Waals surface area contributed by atoms with Crippen molar-refractivity contribution in [2.75, 3.05) is 33.3 Å². The fourth-order valence-corrected chi connectivity index (χ4v) is 1.60. The van der Waals surface area contributed by atoms with E-state index in [1.807, 2.05) is 4.90 Å². The van der Waals surface area contributed by atoms with Crippen molar-refractivity contribution in [1.29, 1.82) is 0 Å². The smallest absolute Gasteiger partial charge is 0.319 e. The molecule has 0 bridgehead atoms. The lowest BCUT2D eigenvalue weighted by atomic mass is 10.4. The van der Waals surface area contributed by atoms with Crippen molar-refractivity contribution >= 4 is 11.9 Å². The van der Waals surface area contributed by atoms with Crippen LogP contribution >= 0.6 is 0 Å². The van der Waals surface area contributed by atoms with Gasteiger partial charge in [0.05, 0.1) is 13.7 Å². The zero-order valence-electron chi connectivity index (χ0n) is 9.12. The Hall–Kier alpha value is -1.10. The van der Waals surface area contributed by atoms with Gasteiger partial charge in [-0.3, -0.25) is 9.59 Å². The molecule has 0 aliphatic carbocycles. The maximum Gasteiger partial charge on any atom is 0.319 e. The molecule has 15 heavy (non-hydrogen) atoms. The van der Waals surface area contributed by atoms with Gasteiger partial charge < -0.3 is 15.0 Å². The van der Waals surface area contributed by atoms with Crippen molar-refractivity contribution < 1.29 is 14.3 Å². The van der Waals surface area contributed by atoms with Crippen LogP contribution in [0.15, 0.2) is 0 Å². The summed E-state index contributed by atoms with van der Waals surface area (Å²) in [6, 6.07) is 0. The highest BCUT2D eigenvalue weighted by molar-refractivity contribution is 5.78. The number of methoxy groups -OCH3 is 1. The first-order valence-electron chi connectivity index (χ1n) is 5.29. The first kappa shape index (κ1) is 12.0. The molecule has 0 radical (unpaired) electrons.